The topological polar surface area (TPSA) is 67.7 Å². The number of rotatable bonds is 2. The minimum absolute atomic E-state index is 0.0575. The highest BCUT2D eigenvalue weighted by Gasteiger charge is 2.12. The normalized spacial score (nSPS) is 10.7. The molecule has 1 heterocycles. The summed E-state index contributed by atoms with van der Waals surface area (Å²) in [6.07, 6.45) is 0. The average molecular weight is 283 g/mol. The van der Waals surface area contributed by atoms with Crippen molar-refractivity contribution in [1.82, 2.24) is 9.78 Å². The molecular weight excluding hydrogens is 271 g/mol. The summed E-state index contributed by atoms with van der Waals surface area (Å²) in [4.78, 5) is 0. The van der Waals surface area contributed by atoms with Gasteiger partial charge in [0.2, 0.25) is 0 Å². The quantitative estimate of drug-likeness (QED) is 0.657. The van der Waals surface area contributed by atoms with Crippen molar-refractivity contribution in [2.45, 2.75) is 13.8 Å². The van der Waals surface area contributed by atoms with Crippen LogP contribution in [0.4, 0.5) is 0 Å². The molecule has 0 saturated heterocycles. The van der Waals surface area contributed by atoms with Crippen LogP contribution >= 0.6 is 23.2 Å². The van der Waals surface area contributed by atoms with Gasteiger partial charge in [0, 0.05) is 5.56 Å². The molecule has 0 amide bonds. The van der Waals surface area contributed by atoms with E-state index in [4.69, 9.17) is 34.3 Å². The van der Waals surface area contributed by atoms with E-state index in [9.17, 15) is 0 Å². The van der Waals surface area contributed by atoms with Gasteiger partial charge in [0.15, 0.2) is 0 Å². The smallest absolute Gasteiger partial charge is 0.124 e. The van der Waals surface area contributed by atoms with Gasteiger partial charge in [0.05, 0.1) is 27.1 Å². The Morgan fingerprint density at radius 2 is 2.00 bits per heavy atom. The second-order valence-corrected chi connectivity index (χ2v) is 4.76. The lowest BCUT2D eigenvalue weighted by Crippen LogP contribution is -2.12. The zero-order valence-corrected chi connectivity index (χ0v) is 11.5. The second kappa shape index (κ2) is 4.63. The molecule has 94 valence electrons. The molecule has 18 heavy (non-hydrogen) atoms. The predicted molar refractivity (Wildman–Crippen MR) is 74.1 cm³/mol. The highest BCUT2D eigenvalue weighted by molar-refractivity contribution is 6.34. The number of nitrogens with two attached hydrogens (primary N) is 1. The molecule has 0 aliphatic carbocycles. The number of halogens is 2. The Morgan fingerprint density at radius 1 is 1.33 bits per heavy atom. The first-order valence-corrected chi connectivity index (χ1v) is 6.03. The lowest BCUT2D eigenvalue weighted by atomic mass is 10.2. The van der Waals surface area contributed by atoms with Crippen LogP contribution in [0.15, 0.2) is 18.2 Å². The van der Waals surface area contributed by atoms with Crippen LogP contribution in [0.25, 0.3) is 5.69 Å². The molecule has 4 nitrogen and oxygen atoms in total. The van der Waals surface area contributed by atoms with Crippen molar-refractivity contribution in [2.75, 3.05) is 0 Å². The Labute approximate surface area is 115 Å². The monoisotopic (exact) mass is 282 g/mol. The van der Waals surface area contributed by atoms with Crippen LogP contribution in [0.1, 0.15) is 17.0 Å². The maximum Gasteiger partial charge on any atom is 0.124 e. The molecule has 3 N–H and O–H groups in total. The van der Waals surface area contributed by atoms with Gasteiger partial charge in [0.25, 0.3) is 0 Å². The first-order valence-electron chi connectivity index (χ1n) is 5.28. The summed E-state index contributed by atoms with van der Waals surface area (Å²) >= 11 is 12.2. The van der Waals surface area contributed by atoms with E-state index in [-0.39, 0.29) is 5.84 Å². The number of hydrogen-bond acceptors (Lipinski definition) is 2. The number of benzene rings is 1. The van der Waals surface area contributed by atoms with Crippen LogP contribution in [-0.2, 0) is 0 Å². The van der Waals surface area contributed by atoms with E-state index in [1.807, 2.05) is 13.8 Å². The molecule has 0 saturated carbocycles. The fourth-order valence-corrected chi connectivity index (χ4v) is 2.12. The first-order chi connectivity index (χ1) is 8.41. The molecule has 0 aliphatic rings. The van der Waals surface area contributed by atoms with E-state index >= 15 is 0 Å². The van der Waals surface area contributed by atoms with Gasteiger partial charge in [-0.1, -0.05) is 23.2 Å². The van der Waals surface area contributed by atoms with Gasteiger partial charge in [-0.25, -0.2) is 4.68 Å². The molecule has 1 aromatic carbocycles. The molecule has 0 spiro atoms. The van der Waals surface area contributed by atoms with Gasteiger partial charge < -0.3 is 5.73 Å². The fourth-order valence-electron chi connectivity index (χ4n) is 1.73. The SMILES string of the molecule is Cc1nn(-c2ccc(C(=N)N)c(Cl)c2)c(C)c1Cl. The minimum Gasteiger partial charge on any atom is -0.384 e. The number of nitrogens with zero attached hydrogens (tertiary/aromatic N) is 2. The maximum absolute atomic E-state index is 7.38. The van der Waals surface area contributed by atoms with E-state index < -0.39 is 0 Å². The Balaban J connectivity index is 2.55. The Kier molecular flexibility index (Phi) is 3.32. The summed E-state index contributed by atoms with van der Waals surface area (Å²) in [5, 5.41) is 12.8. The van der Waals surface area contributed by atoms with Crippen molar-refractivity contribution in [2.24, 2.45) is 5.73 Å². The summed E-state index contributed by atoms with van der Waals surface area (Å²) in [6, 6.07) is 5.22. The molecule has 0 fully saturated rings. The van der Waals surface area contributed by atoms with E-state index in [1.54, 1.807) is 22.9 Å². The molecule has 2 aromatic rings. The van der Waals surface area contributed by atoms with Crippen LogP contribution < -0.4 is 5.73 Å². The van der Waals surface area contributed by atoms with Crippen molar-refractivity contribution < 1.29 is 0 Å². The molecule has 0 atom stereocenters. The second-order valence-electron chi connectivity index (χ2n) is 3.97. The third-order valence-electron chi connectivity index (χ3n) is 2.69. The van der Waals surface area contributed by atoms with Gasteiger partial charge in [-0.2, -0.15) is 5.10 Å². The number of aromatic nitrogens is 2. The molecule has 0 radical (unpaired) electrons. The van der Waals surface area contributed by atoms with Gasteiger partial charge in [0.1, 0.15) is 5.84 Å². The summed E-state index contributed by atoms with van der Waals surface area (Å²) in [6.45, 7) is 3.73. The van der Waals surface area contributed by atoms with Crippen molar-refractivity contribution in [1.29, 1.82) is 5.41 Å². The average Bonchev–Trinajstić information content (AvgIpc) is 2.56. The van der Waals surface area contributed by atoms with Gasteiger partial charge in [-0.3, -0.25) is 5.41 Å². The Hall–Kier alpha value is -1.52. The van der Waals surface area contributed by atoms with E-state index in [1.165, 1.54) is 0 Å². The Morgan fingerprint density at radius 3 is 2.44 bits per heavy atom. The zero-order chi connectivity index (χ0) is 13.4. The molecule has 6 heteroatoms. The number of aryl methyl sites for hydroxylation is 1. The third-order valence-corrected chi connectivity index (χ3v) is 3.55. The van der Waals surface area contributed by atoms with Crippen molar-refractivity contribution >= 4 is 29.0 Å². The van der Waals surface area contributed by atoms with Gasteiger partial charge in [-0.15, -0.1) is 0 Å². The number of nitrogen functional groups attached to an aromatic ring is 1. The number of nitrogens with one attached hydrogen (secondary N) is 1. The van der Waals surface area contributed by atoms with E-state index in [0.717, 1.165) is 17.1 Å². The predicted octanol–water partition coefficient (Wildman–Crippen LogP) is 3.08. The number of hydrogen-bond donors (Lipinski definition) is 2. The molecular formula is C12H12Cl2N4. The van der Waals surface area contributed by atoms with Gasteiger partial charge in [-0.05, 0) is 32.0 Å². The highest BCUT2D eigenvalue weighted by atomic mass is 35.5. The molecule has 0 aliphatic heterocycles. The van der Waals surface area contributed by atoms with Crippen LogP contribution in [0, 0.1) is 19.3 Å². The van der Waals surface area contributed by atoms with Crippen LogP contribution in [0.3, 0.4) is 0 Å². The molecule has 1 aromatic heterocycles. The Bertz CT molecular complexity index is 631. The number of amidine groups is 1. The van der Waals surface area contributed by atoms with E-state index in [0.29, 0.717) is 15.6 Å². The van der Waals surface area contributed by atoms with Gasteiger partial charge >= 0.3 is 0 Å². The first kappa shape index (κ1) is 12.9. The minimum atomic E-state index is -0.0575. The fraction of sp³-hybridized carbons (Fsp3) is 0.167. The van der Waals surface area contributed by atoms with Crippen molar-refractivity contribution in [3.05, 3.63) is 45.2 Å². The van der Waals surface area contributed by atoms with Crippen molar-refractivity contribution in [3.8, 4) is 5.69 Å². The molecule has 0 bridgehead atoms. The molecule has 0 unspecified atom stereocenters. The standard InChI is InChI=1S/C12H12Cl2N4/c1-6-11(14)7(2)18(17-6)8-3-4-9(12(15)16)10(13)5-8/h3-5H,1-2H3,(H3,15,16). The summed E-state index contributed by atoms with van der Waals surface area (Å²) in [7, 11) is 0. The lowest BCUT2D eigenvalue weighted by molar-refractivity contribution is 0.833. The maximum atomic E-state index is 7.38. The summed E-state index contributed by atoms with van der Waals surface area (Å²) in [5.41, 5.74) is 8.33. The van der Waals surface area contributed by atoms with E-state index in [2.05, 4.69) is 5.10 Å². The van der Waals surface area contributed by atoms with Crippen LogP contribution in [-0.4, -0.2) is 15.6 Å². The highest BCUT2D eigenvalue weighted by Crippen LogP contribution is 2.25. The lowest BCUT2D eigenvalue weighted by Gasteiger charge is -2.07. The third kappa shape index (κ3) is 2.09. The molecule has 2 rings (SSSR count). The van der Waals surface area contributed by atoms with Crippen LogP contribution in [0.5, 0.6) is 0 Å². The largest absolute Gasteiger partial charge is 0.384 e. The zero-order valence-electron chi connectivity index (χ0n) is 9.96. The summed E-state index contributed by atoms with van der Waals surface area (Å²) < 4.78 is 1.72. The van der Waals surface area contributed by atoms with Crippen molar-refractivity contribution in [3.63, 3.8) is 0 Å². The summed E-state index contributed by atoms with van der Waals surface area (Å²) in [5.74, 6) is -0.0575. The van der Waals surface area contributed by atoms with Crippen LogP contribution in [0.2, 0.25) is 10.0 Å².